The summed E-state index contributed by atoms with van der Waals surface area (Å²) in [6.07, 6.45) is 4.85. The Morgan fingerprint density at radius 3 is 2.33 bits per heavy atom. The molecule has 0 heterocycles. The number of carbonyl (C=O) groups excluding carboxylic acids is 1. The van der Waals surface area contributed by atoms with Gasteiger partial charge in [0.25, 0.3) is 5.97 Å². The van der Waals surface area contributed by atoms with E-state index in [4.69, 9.17) is 4.43 Å². The van der Waals surface area contributed by atoms with Crippen LogP contribution in [0.25, 0.3) is 0 Å². The molecule has 0 radical (unpaired) electrons. The summed E-state index contributed by atoms with van der Waals surface area (Å²) in [5.41, 5.74) is 1.38. The van der Waals surface area contributed by atoms with E-state index in [-0.39, 0.29) is 5.97 Å². The molecular weight excluding hydrogens is 240 g/mol. The highest BCUT2D eigenvalue weighted by Gasteiger charge is 2.19. The Morgan fingerprint density at radius 2 is 1.72 bits per heavy atom. The van der Waals surface area contributed by atoms with Crippen molar-refractivity contribution in [3.63, 3.8) is 0 Å². The molecule has 0 fully saturated rings. The minimum atomic E-state index is -1.69. The molecule has 3 heteroatoms. The molecule has 0 atom stereocenters. The van der Waals surface area contributed by atoms with Crippen molar-refractivity contribution in [3.8, 4) is 0 Å². The lowest BCUT2D eigenvalue weighted by molar-refractivity contribution is -0.135. The summed E-state index contributed by atoms with van der Waals surface area (Å²) < 4.78 is 5.40. The molecule has 0 aromatic heterocycles. The van der Waals surface area contributed by atoms with Crippen LogP contribution in [-0.2, 0) is 15.6 Å². The van der Waals surface area contributed by atoms with Gasteiger partial charge in [0, 0.05) is 6.42 Å². The van der Waals surface area contributed by atoms with E-state index in [0.29, 0.717) is 6.42 Å². The number of rotatable bonds is 7. The van der Waals surface area contributed by atoms with Gasteiger partial charge in [-0.25, -0.2) is 0 Å². The smallest absolute Gasteiger partial charge is 0.292 e. The molecule has 0 amide bonds. The molecule has 1 aromatic rings. The zero-order valence-electron chi connectivity index (χ0n) is 11.7. The normalized spacial score (nSPS) is 11.3. The maximum Gasteiger partial charge on any atom is 0.292 e. The second-order valence-corrected chi connectivity index (χ2v) is 10.1. The lowest BCUT2D eigenvalue weighted by Gasteiger charge is -2.17. The van der Waals surface area contributed by atoms with Gasteiger partial charge in [-0.3, -0.25) is 4.79 Å². The lowest BCUT2D eigenvalue weighted by atomic mass is 10.1. The highest BCUT2D eigenvalue weighted by molar-refractivity contribution is 6.71. The Bertz CT molecular complexity index is 355. The van der Waals surface area contributed by atoms with E-state index in [0.717, 1.165) is 25.7 Å². The Hall–Kier alpha value is -1.09. The molecule has 0 saturated heterocycles. The van der Waals surface area contributed by atoms with Gasteiger partial charge in [-0.2, -0.15) is 0 Å². The molecule has 0 aliphatic rings. The molecule has 0 bridgehead atoms. The lowest BCUT2D eigenvalue weighted by Crippen LogP contribution is -2.28. The Balaban J connectivity index is 2.07. The van der Waals surface area contributed by atoms with Crippen LogP contribution in [0.3, 0.4) is 0 Å². The third-order valence-electron chi connectivity index (χ3n) is 2.61. The molecule has 2 nitrogen and oxygen atoms in total. The number of hydrogen-bond donors (Lipinski definition) is 0. The molecular formula is C15H24O2Si. The van der Waals surface area contributed by atoms with Crippen molar-refractivity contribution in [1.82, 2.24) is 0 Å². The summed E-state index contributed by atoms with van der Waals surface area (Å²) in [5.74, 6) is -0.0196. The third-order valence-corrected chi connectivity index (χ3v) is 3.45. The van der Waals surface area contributed by atoms with Crippen LogP contribution in [-0.4, -0.2) is 14.3 Å². The molecule has 0 spiro atoms. The second-order valence-electron chi connectivity index (χ2n) is 5.63. The van der Waals surface area contributed by atoms with Crippen LogP contribution in [0.2, 0.25) is 19.6 Å². The van der Waals surface area contributed by atoms with Gasteiger partial charge in [0.15, 0.2) is 0 Å². The van der Waals surface area contributed by atoms with Gasteiger partial charge in [0.05, 0.1) is 0 Å². The van der Waals surface area contributed by atoms with Gasteiger partial charge in [0.2, 0.25) is 8.32 Å². The summed E-state index contributed by atoms with van der Waals surface area (Å²) in [6.45, 7) is 6.13. The fourth-order valence-corrected chi connectivity index (χ4v) is 2.60. The molecule has 0 aliphatic carbocycles. The highest BCUT2D eigenvalue weighted by Crippen LogP contribution is 2.10. The first-order valence-electron chi connectivity index (χ1n) is 6.73. The first-order chi connectivity index (χ1) is 8.47. The molecule has 0 N–H and O–H groups in total. The largest absolute Gasteiger partial charge is 0.520 e. The number of carbonyl (C=O) groups is 1. The Morgan fingerprint density at radius 1 is 1.06 bits per heavy atom. The van der Waals surface area contributed by atoms with Crippen molar-refractivity contribution < 1.29 is 9.22 Å². The van der Waals surface area contributed by atoms with Gasteiger partial charge in [-0.05, 0) is 44.5 Å². The third kappa shape index (κ3) is 7.28. The zero-order valence-corrected chi connectivity index (χ0v) is 12.7. The fraction of sp³-hybridized carbons (Fsp3) is 0.533. The van der Waals surface area contributed by atoms with Crippen LogP contribution in [0, 0.1) is 0 Å². The molecule has 100 valence electrons. The number of aryl methyl sites for hydroxylation is 1. The zero-order chi connectivity index (χ0) is 13.4. The predicted molar refractivity (Wildman–Crippen MR) is 78.1 cm³/mol. The highest BCUT2D eigenvalue weighted by atomic mass is 28.4. The van der Waals surface area contributed by atoms with E-state index in [9.17, 15) is 4.79 Å². The number of benzene rings is 1. The first kappa shape index (κ1) is 15.0. The summed E-state index contributed by atoms with van der Waals surface area (Å²) in [4.78, 5) is 11.5. The van der Waals surface area contributed by atoms with Crippen molar-refractivity contribution in [2.24, 2.45) is 0 Å². The van der Waals surface area contributed by atoms with E-state index >= 15 is 0 Å². The second kappa shape index (κ2) is 7.37. The van der Waals surface area contributed by atoms with Crippen LogP contribution in [0.1, 0.15) is 31.2 Å². The molecule has 0 saturated carbocycles. The molecule has 0 unspecified atom stereocenters. The minimum absolute atomic E-state index is 0.0196. The number of unbranched alkanes of at least 4 members (excludes halogenated alkanes) is 2. The summed E-state index contributed by atoms with van der Waals surface area (Å²) in [5, 5.41) is 0. The van der Waals surface area contributed by atoms with Crippen molar-refractivity contribution in [2.45, 2.75) is 51.7 Å². The predicted octanol–water partition coefficient (Wildman–Crippen LogP) is 4.17. The fourth-order valence-electron chi connectivity index (χ4n) is 1.81. The van der Waals surface area contributed by atoms with E-state index in [1.807, 2.05) is 25.7 Å². The van der Waals surface area contributed by atoms with Gasteiger partial charge < -0.3 is 4.43 Å². The van der Waals surface area contributed by atoms with Crippen LogP contribution in [0.4, 0.5) is 0 Å². The van der Waals surface area contributed by atoms with Crippen molar-refractivity contribution in [2.75, 3.05) is 0 Å². The quantitative estimate of drug-likeness (QED) is 0.546. The molecule has 1 aromatic carbocycles. The standard InChI is InChI=1S/C15H24O2Si/c1-18(2,3)17-15(16)13-9-5-8-12-14-10-6-4-7-11-14/h4,6-7,10-11H,5,8-9,12-13H2,1-3H3. The van der Waals surface area contributed by atoms with Crippen molar-refractivity contribution >= 4 is 14.3 Å². The molecule has 18 heavy (non-hydrogen) atoms. The van der Waals surface area contributed by atoms with Crippen LogP contribution in [0.15, 0.2) is 30.3 Å². The molecule has 1 rings (SSSR count). The maximum absolute atomic E-state index is 11.5. The van der Waals surface area contributed by atoms with Gasteiger partial charge >= 0.3 is 0 Å². The van der Waals surface area contributed by atoms with Crippen LogP contribution < -0.4 is 0 Å². The summed E-state index contributed by atoms with van der Waals surface area (Å²) >= 11 is 0. The number of hydrogen-bond acceptors (Lipinski definition) is 2. The van der Waals surface area contributed by atoms with E-state index in [2.05, 4.69) is 24.3 Å². The summed E-state index contributed by atoms with van der Waals surface area (Å²) in [6, 6.07) is 10.5. The minimum Gasteiger partial charge on any atom is -0.520 e. The van der Waals surface area contributed by atoms with Crippen molar-refractivity contribution in [3.05, 3.63) is 35.9 Å². The Kier molecular flexibility index (Phi) is 6.12. The van der Waals surface area contributed by atoms with Gasteiger partial charge in [0.1, 0.15) is 0 Å². The van der Waals surface area contributed by atoms with Gasteiger partial charge in [-0.1, -0.05) is 36.8 Å². The molecule has 0 aliphatic heterocycles. The Labute approximate surface area is 111 Å². The van der Waals surface area contributed by atoms with E-state index in [1.54, 1.807) is 0 Å². The maximum atomic E-state index is 11.5. The average molecular weight is 264 g/mol. The SMILES string of the molecule is C[Si](C)(C)OC(=O)CCCCCc1ccccc1. The first-order valence-corrected chi connectivity index (χ1v) is 10.1. The van der Waals surface area contributed by atoms with E-state index in [1.165, 1.54) is 5.56 Å². The van der Waals surface area contributed by atoms with Crippen molar-refractivity contribution in [1.29, 1.82) is 0 Å². The summed E-state index contributed by atoms with van der Waals surface area (Å²) in [7, 11) is -1.69. The van der Waals surface area contributed by atoms with E-state index < -0.39 is 8.32 Å². The average Bonchev–Trinajstić information content (AvgIpc) is 2.27. The van der Waals surface area contributed by atoms with Crippen LogP contribution >= 0.6 is 0 Å². The van der Waals surface area contributed by atoms with Crippen LogP contribution in [0.5, 0.6) is 0 Å². The van der Waals surface area contributed by atoms with Gasteiger partial charge in [-0.15, -0.1) is 0 Å². The topological polar surface area (TPSA) is 26.3 Å². The monoisotopic (exact) mass is 264 g/mol.